The summed E-state index contributed by atoms with van der Waals surface area (Å²) in [5, 5.41) is 11.0. The number of nitro groups is 1. The third-order valence-electron chi connectivity index (χ3n) is 5.89. The second-order valence-corrected chi connectivity index (χ2v) is 8.08. The van der Waals surface area contributed by atoms with Crippen LogP contribution in [-0.2, 0) is 4.79 Å². The lowest BCUT2D eigenvalue weighted by Gasteiger charge is -2.24. The Bertz CT molecular complexity index is 1160. The van der Waals surface area contributed by atoms with Crippen LogP contribution in [0.5, 0.6) is 0 Å². The largest absolute Gasteiger partial charge is 0.339 e. The maximum Gasteiger partial charge on any atom is 0.270 e. The Morgan fingerprint density at radius 3 is 2.24 bits per heavy atom. The van der Waals surface area contributed by atoms with Gasteiger partial charge in [-0.3, -0.25) is 34.2 Å². The fourth-order valence-electron chi connectivity index (χ4n) is 4.02. The summed E-state index contributed by atoms with van der Waals surface area (Å²) < 4.78 is 0. The summed E-state index contributed by atoms with van der Waals surface area (Å²) in [5.41, 5.74) is 1.31. The molecule has 10 nitrogen and oxygen atoms in total. The number of hydrogen-bond acceptors (Lipinski definition) is 6. The van der Waals surface area contributed by atoms with Gasteiger partial charge in [0.1, 0.15) is 6.54 Å². The minimum absolute atomic E-state index is 0.0455. The molecular formula is C23H22N4O6. The number of hydrogen-bond donors (Lipinski definition) is 0. The van der Waals surface area contributed by atoms with Crippen molar-refractivity contribution in [2.45, 2.75) is 13.3 Å². The Hall–Kier alpha value is -4.08. The molecule has 2 aromatic rings. The van der Waals surface area contributed by atoms with E-state index in [4.69, 9.17) is 0 Å². The first-order valence-electron chi connectivity index (χ1n) is 10.5. The summed E-state index contributed by atoms with van der Waals surface area (Å²) in [5.74, 6) is -1.89. The van der Waals surface area contributed by atoms with Crippen molar-refractivity contribution in [3.63, 3.8) is 0 Å². The van der Waals surface area contributed by atoms with Crippen LogP contribution < -0.4 is 0 Å². The molecule has 2 heterocycles. The number of benzene rings is 2. The van der Waals surface area contributed by atoms with Crippen LogP contribution in [0, 0.1) is 17.0 Å². The highest BCUT2D eigenvalue weighted by Crippen LogP contribution is 2.26. The predicted molar refractivity (Wildman–Crippen MR) is 117 cm³/mol. The monoisotopic (exact) mass is 450 g/mol. The summed E-state index contributed by atoms with van der Waals surface area (Å²) in [6.45, 7) is 3.00. The normalized spacial score (nSPS) is 16.0. The quantitative estimate of drug-likeness (QED) is 0.398. The second-order valence-electron chi connectivity index (χ2n) is 8.08. The van der Waals surface area contributed by atoms with Gasteiger partial charge >= 0.3 is 0 Å². The number of amides is 4. The van der Waals surface area contributed by atoms with Gasteiger partial charge in [0.25, 0.3) is 23.4 Å². The Labute approximate surface area is 189 Å². The first kappa shape index (κ1) is 22.1. The Balaban J connectivity index is 1.40. The number of rotatable bonds is 4. The van der Waals surface area contributed by atoms with Crippen molar-refractivity contribution in [2.75, 3.05) is 32.7 Å². The van der Waals surface area contributed by atoms with Gasteiger partial charge in [-0.15, -0.1) is 0 Å². The number of fused-ring (bicyclic) bond motifs is 1. The summed E-state index contributed by atoms with van der Waals surface area (Å²) in [7, 11) is 0. The number of nitro benzene ring substituents is 1. The number of carbonyl (C=O) groups excluding carboxylic acids is 4. The van der Waals surface area contributed by atoms with Gasteiger partial charge < -0.3 is 9.80 Å². The fourth-order valence-corrected chi connectivity index (χ4v) is 4.02. The lowest BCUT2D eigenvalue weighted by Crippen LogP contribution is -2.44. The zero-order chi connectivity index (χ0) is 23.7. The SMILES string of the molecule is Cc1ccc(C(=O)N2CCCN(C(=O)CN3C(=O)c4ccc([N+](=O)[O-])cc4C3=O)CC2)cc1. The number of imide groups is 1. The van der Waals surface area contributed by atoms with Gasteiger partial charge in [0.15, 0.2) is 0 Å². The first-order valence-corrected chi connectivity index (χ1v) is 10.5. The number of carbonyl (C=O) groups is 4. The molecule has 1 fully saturated rings. The standard InChI is InChI=1S/C23H22N4O6/c1-15-3-5-16(6-4-15)21(29)25-10-2-9-24(11-12-25)20(28)14-26-22(30)18-8-7-17(27(32)33)13-19(18)23(26)31/h3-8,13H,2,9-12,14H2,1H3. The lowest BCUT2D eigenvalue weighted by atomic mass is 10.1. The maximum atomic E-state index is 12.9. The van der Waals surface area contributed by atoms with Gasteiger partial charge in [-0.2, -0.15) is 0 Å². The van der Waals surface area contributed by atoms with E-state index in [1.54, 1.807) is 17.0 Å². The summed E-state index contributed by atoms with van der Waals surface area (Å²) in [6.07, 6.45) is 0.567. The number of non-ortho nitro benzene ring substituents is 1. The van der Waals surface area contributed by atoms with E-state index in [-0.39, 0.29) is 29.3 Å². The molecule has 0 N–H and O–H groups in total. The zero-order valence-electron chi connectivity index (χ0n) is 18.0. The zero-order valence-corrected chi connectivity index (χ0v) is 18.0. The minimum Gasteiger partial charge on any atom is -0.339 e. The molecule has 4 rings (SSSR count). The molecule has 0 atom stereocenters. The Kier molecular flexibility index (Phi) is 5.91. The Morgan fingerprint density at radius 2 is 1.55 bits per heavy atom. The highest BCUT2D eigenvalue weighted by atomic mass is 16.6. The van der Waals surface area contributed by atoms with E-state index in [1.165, 1.54) is 11.0 Å². The Morgan fingerprint density at radius 1 is 0.909 bits per heavy atom. The molecule has 4 amide bonds. The molecule has 33 heavy (non-hydrogen) atoms. The van der Waals surface area contributed by atoms with Gasteiger partial charge in [0.05, 0.1) is 16.1 Å². The van der Waals surface area contributed by atoms with Crippen LogP contribution in [0.3, 0.4) is 0 Å². The van der Waals surface area contributed by atoms with Gasteiger partial charge in [-0.05, 0) is 31.5 Å². The summed E-state index contributed by atoms with van der Waals surface area (Å²) in [4.78, 5) is 65.3. The molecule has 0 aliphatic carbocycles. The molecule has 0 aromatic heterocycles. The van der Waals surface area contributed by atoms with Gasteiger partial charge in [0.2, 0.25) is 5.91 Å². The van der Waals surface area contributed by atoms with E-state index in [0.29, 0.717) is 31.6 Å². The fraction of sp³-hybridized carbons (Fsp3) is 0.304. The van der Waals surface area contributed by atoms with Crippen molar-refractivity contribution < 1.29 is 24.1 Å². The van der Waals surface area contributed by atoms with Crippen LogP contribution >= 0.6 is 0 Å². The van der Waals surface area contributed by atoms with Crippen LogP contribution in [0.4, 0.5) is 5.69 Å². The van der Waals surface area contributed by atoms with Crippen molar-refractivity contribution >= 4 is 29.3 Å². The number of aryl methyl sites for hydroxylation is 1. The smallest absolute Gasteiger partial charge is 0.270 e. The topological polar surface area (TPSA) is 121 Å². The minimum atomic E-state index is -0.724. The van der Waals surface area contributed by atoms with Crippen molar-refractivity contribution in [1.82, 2.24) is 14.7 Å². The third kappa shape index (κ3) is 4.32. The van der Waals surface area contributed by atoms with Gasteiger partial charge in [0, 0.05) is 43.9 Å². The van der Waals surface area contributed by atoms with Crippen LogP contribution in [0.15, 0.2) is 42.5 Å². The van der Waals surface area contributed by atoms with E-state index in [1.807, 2.05) is 19.1 Å². The van der Waals surface area contributed by atoms with Crippen molar-refractivity contribution in [1.29, 1.82) is 0 Å². The van der Waals surface area contributed by atoms with Gasteiger partial charge in [-0.1, -0.05) is 17.7 Å². The van der Waals surface area contributed by atoms with Crippen LogP contribution in [0.2, 0.25) is 0 Å². The van der Waals surface area contributed by atoms with E-state index < -0.39 is 29.2 Å². The van der Waals surface area contributed by atoms with Crippen LogP contribution in [-0.4, -0.2) is 76.0 Å². The van der Waals surface area contributed by atoms with E-state index in [9.17, 15) is 29.3 Å². The van der Waals surface area contributed by atoms with E-state index in [0.717, 1.165) is 22.6 Å². The average Bonchev–Trinajstić information content (AvgIpc) is 2.97. The number of nitrogens with zero attached hydrogens (tertiary/aromatic N) is 4. The molecule has 0 spiro atoms. The van der Waals surface area contributed by atoms with Crippen LogP contribution in [0.1, 0.15) is 43.1 Å². The predicted octanol–water partition coefficient (Wildman–Crippen LogP) is 1.87. The van der Waals surface area contributed by atoms with E-state index >= 15 is 0 Å². The molecule has 0 saturated carbocycles. The maximum absolute atomic E-state index is 12.9. The van der Waals surface area contributed by atoms with Gasteiger partial charge in [-0.25, -0.2) is 0 Å². The molecular weight excluding hydrogens is 428 g/mol. The molecule has 170 valence electrons. The third-order valence-corrected chi connectivity index (χ3v) is 5.89. The van der Waals surface area contributed by atoms with Crippen molar-refractivity contribution in [3.05, 3.63) is 74.8 Å². The second kappa shape index (κ2) is 8.81. The molecule has 2 aliphatic heterocycles. The van der Waals surface area contributed by atoms with Crippen LogP contribution in [0.25, 0.3) is 0 Å². The van der Waals surface area contributed by atoms with Crippen molar-refractivity contribution in [2.24, 2.45) is 0 Å². The summed E-state index contributed by atoms with van der Waals surface area (Å²) in [6, 6.07) is 10.7. The average molecular weight is 450 g/mol. The first-order chi connectivity index (χ1) is 15.8. The molecule has 0 unspecified atom stereocenters. The van der Waals surface area contributed by atoms with Crippen molar-refractivity contribution in [3.8, 4) is 0 Å². The molecule has 2 aromatic carbocycles. The molecule has 10 heteroatoms. The molecule has 0 radical (unpaired) electrons. The molecule has 2 aliphatic rings. The lowest BCUT2D eigenvalue weighted by molar-refractivity contribution is -0.384. The molecule has 0 bridgehead atoms. The summed E-state index contributed by atoms with van der Waals surface area (Å²) >= 11 is 0. The highest BCUT2D eigenvalue weighted by molar-refractivity contribution is 6.22. The van der Waals surface area contributed by atoms with E-state index in [2.05, 4.69) is 0 Å². The molecule has 1 saturated heterocycles. The highest BCUT2D eigenvalue weighted by Gasteiger charge is 2.38.